The topological polar surface area (TPSA) is 65.0 Å². The predicted molar refractivity (Wildman–Crippen MR) is 114 cm³/mol. The van der Waals surface area contributed by atoms with Crippen LogP contribution in [0.3, 0.4) is 0 Å². The number of esters is 1. The molecule has 8 heteroatoms. The second kappa shape index (κ2) is 9.94. The molecule has 28 heavy (non-hydrogen) atoms. The van der Waals surface area contributed by atoms with Crippen molar-refractivity contribution in [3.63, 3.8) is 0 Å². The average Bonchev–Trinajstić information content (AvgIpc) is 3.06. The summed E-state index contributed by atoms with van der Waals surface area (Å²) in [7, 11) is 0. The lowest BCUT2D eigenvalue weighted by atomic mass is 9.77. The zero-order valence-electron chi connectivity index (χ0n) is 16.0. The summed E-state index contributed by atoms with van der Waals surface area (Å²) < 4.78 is 6.13. The van der Waals surface area contributed by atoms with Gasteiger partial charge in [-0.3, -0.25) is 9.59 Å². The third-order valence-electron chi connectivity index (χ3n) is 4.98. The molecule has 0 spiro atoms. The minimum atomic E-state index is -0.416. The summed E-state index contributed by atoms with van der Waals surface area (Å²) >= 11 is 9.28. The van der Waals surface area contributed by atoms with Crippen molar-refractivity contribution < 1.29 is 19.2 Å². The van der Waals surface area contributed by atoms with Crippen LogP contribution in [-0.4, -0.2) is 29.0 Å². The number of carbonyl (C=O) groups is 2. The summed E-state index contributed by atoms with van der Waals surface area (Å²) in [5.41, 5.74) is 0.833. The number of thiophene rings is 1. The molecule has 1 aromatic rings. The Morgan fingerprint density at radius 1 is 1.29 bits per heavy atom. The smallest absolute Gasteiger partial charge is 0.307 e. The van der Waals surface area contributed by atoms with E-state index in [0.717, 1.165) is 17.1 Å². The van der Waals surface area contributed by atoms with Gasteiger partial charge >= 0.3 is 5.97 Å². The van der Waals surface area contributed by atoms with Gasteiger partial charge in [0.1, 0.15) is 5.76 Å². The van der Waals surface area contributed by atoms with Gasteiger partial charge in [0.2, 0.25) is 0 Å². The minimum absolute atomic E-state index is 0.0212. The number of ketones is 1. The second-order valence-electron chi connectivity index (χ2n) is 7.12. The van der Waals surface area contributed by atoms with Gasteiger partial charge in [-0.1, -0.05) is 16.8 Å². The fourth-order valence-corrected chi connectivity index (χ4v) is 5.99. The Bertz CT molecular complexity index is 796. The maximum Gasteiger partial charge on any atom is 0.307 e. The lowest BCUT2D eigenvalue weighted by molar-refractivity contribution is -0.137. The van der Waals surface area contributed by atoms with Gasteiger partial charge in [0.05, 0.1) is 15.6 Å². The van der Waals surface area contributed by atoms with Crippen molar-refractivity contribution >= 4 is 52.2 Å². The zero-order chi connectivity index (χ0) is 20.1. The van der Waals surface area contributed by atoms with Crippen molar-refractivity contribution in [2.45, 2.75) is 46.1 Å². The molecule has 3 rings (SSSR count). The molecule has 1 aliphatic heterocycles. The molecule has 1 fully saturated rings. The van der Waals surface area contributed by atoms with Crippen molar-refractivity contribution in [3.05, 3.63) is 32.7 Å². The lowest BCUT2D eigenvalue weighted by Crippen LogP contribution is -2.31. The van der Waals surface area contributed by atoms with Gasteiger partial charge in [0.25, 0.3) is 0 Å². The number of hydrogen-bond donors (Lipinski definition) is 0. The zero-order valence-corrected chi connectivity index (χ0v) is 18.4. The Kier molecular flexibility index (Phi) is 7.60. The van der Waals surface area contributed by atoms with Gasteiger partial charge in [-0.2, -0.15) is 11.8 Å². The quantitative estimate of drug-likeness (QED) is 0.343. The number of hydrogen-bond acceptors (Lipinski definition) is 7. The first-order valence-corrected chi connectivity index (χ1v) is 11.7. The van der Waals surface area contributed by atoms with E-state index in [1.165, 1.54) is 30.4 Å². The molecule has 152 valence electrons. The molecule has 0 N–H and O–H groups in total. The van der Waals surface area contributed by atoms with E-state index in [4.69, 9.17) is 21.2 Å². The molecule has 2 unspecified atom stereocenters. The number of oxime groups is 1. The van der Waals surface area contributed by atoms with Crippen LogP contribution in [-0.2, 0) is 25.8 Å². The molecule has 0 bridgehead atoms. The maximum absolute atomic E-state index is 12.9. The molecule has 0 amide bonds. The number of rotatable bonds is 6. The van der Waals surface area contributed by atoms with E-state index in [1.54, 1.807) is 13.0 Å². The van der Waals surface area contributed by atoms with Gasteiger partial charge < -0.3 is 9.57 Å². The van der Waals surface area contributed by atoms with E-state index in [1.807, 2.05) is 17.8 Å². The standard InChI is InChI=1S/C20H24ClNO4S2/c1-12(22-25-10-16-5-6-19(21)28-16)20-17(24)8-15(9-18(20)26-13(2)23)14-4-3-7-27-11-14/h5-6,14-15H,3-4,7-11H2,1-2H3/b22-12-. The summed E-state index contributed by atoms with van der Waals surface area (Å²) in [5.74, 6) is 2.97. The number of Topliss-reactive ketones (excluding diaryl/α,β-unsaturated/α-hetero) is 1. The van der Waals surface area contributed by atoms with E-state index < -0.39 is 5.97 Å². The number of carbonyl (C=O) groups excluding carboxylic acids is 2. The molecule has 1 saturated heterocycles. The molecule has 5 nitrogen and oxygen atoms in total. The normalized spacial score (nSPS) is 23.7. The molecule has 2 heterocycles. The minimum Gasteiger partial charge on any atom is -0.430 e. The highest BCUT2D eigenvalue weighted by Crippen LogP contribution is 2.39. The van der Waals surface area contributed by atoms with Gasteiger partial charge in [-0.25, -0.2) is 0 Å². The third-order valence-corrected chi connectivity index (χ3v) is 7.43. The predicted octanol–water partition coefficient (Wildman–Crippen LogP) is 5.23. The number of thioether (sulfide) groups is 1. The molecule has 0 saturated carbocycles. The third kappa shape index (κ3) is 5.61. The Hall–Kier alpha value is -1.31. The van der Waals surface area contributed by atoms with Crippen LogP contribution in [0, 0.1) is 11.8 Å². The Labute approximate surface area is 178 Å². The molecule has 2 aliphatic rings. The first-order valence-electron chi connectivity index (χ1n) is 9.37. The van der Waals surface area contributed by atoms with Crippen molar-refractivity contribution in [1.82, 2.24) is 0 Å². The van der Waals surface area contributed by atoms with Gasteiger partial charge in [0, 0.05) is 24.6 Å². The van der Waals surface area contributed by atoms with Crippen LogP contribution in [0.25, 0.3) is 0 Å². The van der Waals surface area contributed by atoms with Crippen LogP contribution in [0.5, 0.6) is 0 Å². The number of nitrogens with zero attached hydrogens (tertiary/aromatic N) is 1. The fraction of sp³-hybridized carbons (Fsp3) is 0.550. The van der Waals surface area contributed by atoms with Gasteiger partial charge in [0.15, 0.2) is 12.4 Å². The highest BCUT2D eigenvalue weighted by atomic mass is 35.5. The van der Waals surface area contributed by atoms with E-state index in [9.17, 15) is 9.59 Å². The Morgan fingerprint density at radius 3 is 2.75 bits per heavy atom. The number of allylic oxidation sites excluding steroid dienone is 2. The van der Waals surface area contributed by atoms with Crippen LogP contribution < -0.4 is 0 Å². The van der Waals surface area contributed by atoms with Crippen LogP contribution in [0.4, 0.5) is 0 Å². The van der Waals surface area contributed by atoms with Crippen LogP contribution >= 0.6 is 34.7 Å². The van der Waals surface area contributed by atoms with E-state index in [2.05, 4.69) is 5.16 Å². The van der Waals surface area contributed by atoms with Crippen molar-refractivity contribution in [2.24, 2.45) is 17.0 Å². The molecular formula is C20H24ClNO4S2. The first-order chi connectivity index (χ1) is 13.4. The number of ether oxygens (including phenoxy) is 1. The Morgan fingerprint density at radius 2 is 2.11 bits per heavy atom. The largest absolute Gasteiger partial charge is 0.430 e. The second-order valence-corrected chi connectivity index (χ2v) is 10.1. The fourth-order valence-electron chi connectivity index (χ4n) is 3.72. The van der Waals surface area contributed by atoms with Gasteiger partial charge in [-0.05, 0) is 55.2 Å². The van der Waals surface area contributed by atoms with E-state index in [-0.39, 0.29) is 18.3 Å². The lowest BCUT2D eigenvalue weighted by Gasteiger charge is -2.33. The maximum atomic E-state index is 12.9. The summed E-state index contributed by atoms with van der Waals surface area (Å²) in [6, 6.07) is 3.68. The highest BCUT2D eigenvalue weighted by Gasteiger charge is 2.35. The summed E-state index contributed by atoms with van der Waals surface area (Å²) in [4.78, 5) is 30.9. The van der Waals surface area contributed by atoms with Crippen molar-refractivity contribution in [2.75, 3.05) is 11.5 Å². The van der Waals surface area contributed by atoms with Gasteiger partial charge in [-0.15, -0.1) is 11.3 Å². The molecule has 1 aliphatic carbocycles. The van der Waals surface area contributed by atoms with Crippen molar-refractivity contribution in [3.8, 4) is 0 Å². The summed E-state index contributed by atoms with van der Waals surface area (Å²) in [6.45, 7) is 3.36. The number of halogens is 1. The summed E-state index contributed by atoms with van der Waals surface area (Å²) in [6.07, 6.45) is 3.38. The molecule has 2 atom stereocenters. The van der Waals surface area contributed by atoms with E-state index in [0.29, 0.717) is 40.1 Å². The van der Waals surface area contributed by atoms with Crippen LogP contribution in [0.2, 0.25) is 4.34 Å². The SMILES string of the molecule is CC(=O)OC1=C(/C(C)=N\OCc2ccc(Cl)s2)C(=O)CC(C2CCCSC2)C1. The van der Waals surface area contributed by atoms with Crippen LogP contribution in [0.1, 0.15) is 44.4 Å². The monoisotopic (exact) mass is 441 g/mol. The van der Waals surface area contributed by atoms with Crippen LogP contribution in [0.15, 0.2) is 28.6 Å². The Balaban J connectivity index is 1.75. The summed E-state index contributed by atoms with van der Waals surface area (Å²) in [5, 5.41) is 4.10. The molecule has 0 radical (unpaired) electrons. The molecule has 1 aromatic heterocycles. The first kappa shape index (κ1) is 21.4. The molecular weight excluding hydrogens is 418 g/mol. The van der Waals surface area contributed by atoms with Crippen molar-refractivity contribution in [1.29, 1.82) is 0 Å². The van der Waals surface area contributed by atoms with E-state index >= 15 is 0 Å². The average molecular weight is 442 g/mol. The highest BCUT2D eigenvalue weighted by molar-refractivity contribution is 7.99. The molecule has 0 aromatic carbocycles.